The smallest absolute Gasteiger partial charge is 0.130 e. The van der Waals surface area contributed by atoms with Crippen molar-refractivity contribution < 1.29 is 4.74 Å². The van der Waals surface area contributed by atoms with E-state index in [4.69, 9.17) is 4.74 Å². The molecule has 2 heterocycles. The molecule has 5 heteroatoms. The summed E-state index contributed by atoms with van der Waals surface area (Å²) in [6.07, 6.45) is 5.39. The van der Waals surface area contributed by atoms with Crippen molar-refractivity contribution in [2.75, 3.05) is 44.2 Å². The molecule has 0 N–H and O–H groups in total. The molecule has 1 aliphatic rings. The second-order valence-corrected chi connectivity index (χ2v) is 6.56. The molecule has 22 heavy (non-hydrogen) atoms. The van der Waals surface area contributed by atoms with Gasteiger partial charge in [-0.2, -0.15) is 0 Å². The lowest BCUT2D eigenvalue weighted by Crippen LogP contribution is -2.46. The molecule has 0 unspecified atom stereocenters. The first kappa shape index (κ1) is 17.2. The Kier molecular flexibility index (Phi) is 6.58. The maximum Gasteiger partial charge on any atom is 0.130 e. The van der Waals surface area contributed by atoms with Gasteiger partial charge in [0.1, 0.15) is 5.82 Å². The van der Waals surface area contributed by atoms with Crippen LogP contribution in [-0.4, -0.2) is 60.3 Å². The molecule has 1 fully saturated rings. The maximum absolute atomic E-state index is 5.60. The molecule has 0 aromatic carbocycles. The molecule has 0 bridgehead atoms. The Morgan fingerprint density at radius 3 is 2.23 bits per heavy atom. The van der Waals surface area contributed by atoms with Gasteiger partial charge in [0, 0.05) is 45.2 Å². The Labute approximate surface area is 134 Å². The summed E-state index contributed by atoms with van der Waals surface area (Å²) < 4.78 is 5.60. The van der Waals surface area contributed by atoms with E-state index in [1.165, 1.54) is 0 Å². The lowest BCUT2D eigenvalue weighted by atomic mass is 10.2. The Hall–Kier alpha value is -1.20. The van der Waals surface area contributed by atoms with E-state index in [-0.39, 0.29) is 0 Å². The third kappa shape index (κ3) is 5.21. The summed E-state index contributed by atoms with van der Waals surface area (Å²) in [5, 5.41) is 0. The summed E-state index contributed by atoms with van der Waals surface area (Å²) in [7, 11) is 0. The van der Waals surface area contributed by atoms with Crippen molar-refractivity contribution >= 4 is 5.69 Å². The number of anilines is 1. The Balaban J connectivity index is 1.72. The van der Waals surface area contributed by atoms with Gasteiger partial charge in [-0.15, -0.1) is 0 Å². The molecule has 0 radical (unpaired) electrons. The van der Waals surface area contributed by atoms with Crippen LogP contribution >= 0.6 is 0 Å². The van der Waals surface area contributed by atoms with Gasteiger partial charge < -0.3 is 9.64 Å². The molecule has 0 saturated carbocycles. The quantitative estimate of drug-likeness (QED) is 0.724. The van der Waals surface area contributed by atoms with E-state index >= 15 is 0 Å². The average molecular weight is 306 g/mol. The van der Waals surface area contributed by atoms with Crippen molar-refractivity contribution in [2.24, 2.45) is 0 Å². The second kappa shape index (κ2) is 8.44. The zero-order valence-electron chi connectivity index (χ0n) is 14.5. The van der Waals surface area contributed by atoms with Gasteiger partial charge in [-0.25, -0.2) is 9.97 Å². The highest BCUT2D eigenvalue weighted by molar-refractivity contribution is 5.42. The van der Waals surface area contributed by atoms with Gasteiger partial charge in [-0.1, -0.05) is 13.8 Å². The largest absolute Gasteiger partial charge is 0.379 e. The Morgan fingerprint density at radius 1 is 1.05 bits per heavy atom. The average Bonchev–Trinajstić information content (AvgIpc) is 2.52. The van der Waals surface area contributed by atoms with Crippen LogP contribution in [0.2, 0.25) is 0 Å². The van der Waals surface area contributed by atoms with Crippen LogP contribution in [-0.2, 0) is 4.74 Å². The maximum atomic E-state index is 5.60. The van der Waals surface area contributed by atoms with Crippen molar-refractivity contribution in [3.63, 3.8) is 0 Å². The van der Waals surface area contributed by atoms with Crippen LogP contribution in [0.5, 0.6) is 0 Å². The molecular weight excluding hydrogens is 276 g/mol. The summed E-state index contributed by atoms with van der Waals surface area (Å²) in [6, 6.07) is 0. The molecular formula is C17H30N4O. The van der Waals surface area contributed by atoms with Gasteiger partial charge in [0.15, 0.2) is 0 Å². The molecule has 0 amide bonds. The van der Waals surface area contributed by atoms with Gasteiger partial charge in [-0.3, -0.25) is 4.90 Å². The summed E-state index contributed by atoms with van der Waals surface area (Å²) >= 11 is 0. The van der Waals surface area contributed by atoms with Gasteiger partial charge in [-0.05, 0) is 20.3 Å². The molecule has 1 saturated heterocycles. The fourth-order valence-electron chi connectivity index (χ4n) is 2.63. The fraction of sp³-hybridized carbons (Fsp3) is 0.765. The summed E-state index contributed by atoms with van der Waals surface area (Å²) in [5.74, 6) is 1.31. The number of ether oxygens (including phenoxy) is 1. The number of hydrogen-bond acceptors (Lipinski definition) is 5. The van der Waals surface area contributed by atoms with E-state index in [9.17, 15) is 0 Å². The van der Waals surface area contributed by atoms with Crippen molar-refractivity contribution in [3.05, 3.63) is 18.2 Å². The molecule has 1 aromatic rings. The van der Waals surface area contributed by atoms with Crippen LogP contribution < -0.4 is 4.90 Å². The minimum absolute atomic E-state index is 0.339. The van der Waals surface area contributed by atoms with Gasteiger partial charge in [0.25, 0.3) is 0 Å². The minimum atomic E-state index is 0.339. The van der Waals surface area contributed by atoms with Crippen LogP contribution in [0, 0.1) is 0 Å². The lowest BCUT2D eigenvalue weighted by molar-refractivity contribution is 0.0701. The first-order chi connectivity index (χ1) is 10.6. The SMILES string of the molecule is CC(C)OCCCN1CCN(c2cnc(C(C)C)nc2)CC1. The molecule has 1 aromatic heterocycles. The van der Waals surface area contributed by atoms with Crippen molar-refractivity contribution in [1.29, 1.82) is 0 Å². The molecule has 0 aliphatic carbocycles. The Morgan fingerprint density at radius 2 is 1.68 bits per heavy atom. The number of nitrogens with zero attached hydrogens (tertiary/aromatic N) is 4. The summed E-state index contributed by atoms with van der Waals surface area (Å²) in [4.78, 5) is 13.8. The first-order valence-electron chi connectivity index (χ1n) is 8.47. The Bertz CT molecular complexity index is 425. The molecule has 0 spiro atoms. The fourth-order valence-corrected chi connectivity index (χ4v) is 2.63. The van der Waals surface area contributed by atoms with E-state index in [0.29, 0.717) is 12.0 Å². The van der Waals surface area contributed by atoms with E-state index in [1.54, 1.807) is 0 Å². The highest BCUT2D eigenvalue weighted by Crippen LogP contribution is 2.16. The van der Waals surface area contributed by atoms with E-state index in [0.717, 1.165) is 57.3 Å². The van der Waals surface area contributed by atoms with Gasteiger partial charge >= 0.3 is 0 Å². The second-order valence-electron chi connectivity index (χ2n) is 6.56. The van der Waals surface area contributed by atoms with Crippen LogP contribution in [0.4, 0.5) is 5.69 Å². The third-order valence-electron chi connectivity index (χ3n) is 3.98. The van der Waals surface area contributed by atoms with Crippen LogP contribution in [0.15, 0.2) is 12.4 Å². The first-order valence-corrected chi connectivity index (χ1v) is 8.47. The van der Waals surface area contributed by atoms with Gasteiger partial charge in [0.2, 0.25) is 0 Å². The molecule has 1 aliphatic heterocycles. The van der Waals surface area contributed by atoms with Gasteiger partial charge in [0.05, 0.1) is 24.2 Å². The number of hydrogen-bond donors (Lipinski definition) is 0. The van der Waals surface area contributed by atoms with E-state index in [2.05, 4.69) is 47.5 Å². The van der Waals surface area contributed by atoms with Crippen LogP contribution in [0.3, 0.4) is 0 Å². The zero-order valence-corrected chi connectivity index (χ0v) is 14.5. The summed E-state index contributed by atoms with van der Waals surface area (Å²) in [6.45, 7) is 14.7. The third-order valence-corrected chi connectivity index (χ3v) is 3.98. The number of rotatable bonds is 7. The minimum Gasteiger partial charge on any atom is -0.379 e. The molecule has 5 nitrogen and oxygen atoms in total. The number of piperazine rings is 1. The lowest BCUT2D eigenvalue weighted by Gasteiger charge is -2.35. The van der Waals surface area contributed by atoms with Crippen LogP contribution in [0.25, 0.3) is 0 Å². The summed E-state index contributed by atoms with van der Waals surface area (Å²) in [5.41, 5.74) is 1.15. The van der Waals surface area contributed by atoms with Crippen molar-refractivity contribution in [3.8, 4) is 0 Å². The predicted molar refractivity (Wildman–Crippen MR) is 90.5 cm³/mol. The van der Waals surface area contributed by atoms with E-state index < -0.39 is 0 Å². The number of aromatic nitrogens is 2. The standard InChI is InChI=1S/C17H30N4O/c1-14(2)17-18-12-16(13-19-17)21-9-7-20(8-10-21)6-5-11-22-15(3)4/h12-15H,5-11H2,1-4H3. The zero-order chi connectivity index (χ0) is 15.9. The van der Waals surface area contributed by atoms with Crippen LogP contribution in [0.1, 0.15) is 45.9 Å². The topological polar surface area (TPSA) is 41.5 Å². The highest BCUT2D eigenvalue weighted by atomic mass is 16.5. The molecule has 0 atom stereocenters. The molecule has 124 valence electrons. The van der Waals surface area contributed by atoms with E-state index in [1.807, 2.05) is 12.4 Å². The molecule has 2 rings (SSSR count). The monoisotopic (exact) mass is 306 g/mol. The normalized spacial score (nSPS) is 16.7. The van der Waals surface area contributed by atoms with Crippen molar-refractivity contribution in [1.82, 2.24) is 14.9 Å². The predicted octanol–water partition coefficient (Wildman–Crippen LogP) is 2.54. The van der Waals surface area contributed by atoms with Crippen molar-refractivity contribution in [2.45, 2.75) is 46.1 Å². The highest BCUT2D eigenvalue weighted by Gasteiger charge is 2.17.